The summed E-state index contributed by atoms with van der Waals surface area (Å²) in [6, 6.07) is 5.45. The Morgan fingerprint density at radius 2 is 1.95 bits per heavy atom. The minimum absolute atomic E-state index is 0.0190. The van der Waals surface area contributed by atoms with Gasteiger partial charge in [-0.3, -0.25) is 9.59 Å². The molecule has 5 nitrogen and oxygen atoms in total. The molecule has 1 aliphatic heterocycles. The Bertz CT molecular complexity index is 570. The van der Waals surface area contributed by atoms with Crippen LogP contribution in [0.4, 0.5) is 11.4 Å². The molecule has 1 atom stereocenters. The van der Waals surface area contributed by atoms with Crippen LogP contribution in [0.1, 0.15) is 39.2 Å². The summed E-state index contributed by atoms with van der Waals surface area (Å²) in [7, 11) is 0. The van der Waals surface area contributed by atoms with E-state index in [0.717, 1.165) is 30.6 Å². The molecule has 1 aliphatic rings. The van der Waals surface area contributed by atoms with E-state index in [1.54, 1.807) is 0 Å². The summed E-state index contributed by atoms with van der Waals surface area (Å²) >= 11 is 0. The van der Waals surface area contributed by atoms with E-state index in [2.05, 4.69) is 16.0 Å². The Morgan fingerprint density at radius 1 is 1.23 bits per heavy atom. The lowest BCUT2D eigenvalue weighted by Gasteiger charge is -2.19. The van der Waals surface area contributed by atoms with Gasteiger partial charge in [0.15, 0.2) is 0 Å². The Balaban J connectivity index is 2.09. The summed E-state index contributed by atoms with van der Waals surface area (Å²) in [6.07, 6.45) is 1.89. The molecule has 22 heavy (non-hydrogen) atoms. The van der Waals surface area contributed by atoms with E-state index in [4.69, 9.17) is 0 Å². The van der Waals surface area contributed by atoms with Gasteiger partial charge < -0.3 is 16.0 Å². The number of carbonyl (C=O) groups is 2. The molecule has 1 aromatic rings. The average Bonchev–Trinajstić information content (AvgIpc) is 2.95. The third-order valence-electron chi connectivity index (χ3n) is 3.81. The Morgan fingerprint density at radius 3 is 2.55 bits per heavy atom. The molecule has 1 aromatic carbocycles. The third-order valence-corrected chi connectivity index (χ3v) is 3.81. The topological polar surface area (TPSA) is 70.2 Å². The van der Waals surface area contributed by atoms with Crippen molar-refractivity contribution in [2.75, 3.05) is 17.2 Å². The van der Waals surface area contributed by atoms with Crippen LogP contribution >= 0.6 is 0 Å². The largest absolute Gasteiger partial charge is 0.325 e. The smallest absolute Gasteiger partial charge is 0.241 e. The summed E-state index contributed by atoms with van der Waals surface area (Å²) in [6.45, 7) is 8.43. The number of hydrogen-bond donors (Lipinski definition) is 3. The molecule has 0 spiro atoms. The van der Waals surface area contributed by atoms with Gasteiger partial charge in [-0.2, -0.15) is 0 Å². The number of hydrogen-bond acceptors (Lipinski definition) is 3. The van der Waals surface area contributed by atoms with E-state index < -0.39 is 5.41 Å². The second-order valence-electron chi connectivity index (χ2n) is 6.87. The van der Waals surface area contributed by atoms with Crippen molar-refractivity contribution in [2.45, 2.75) is 46.6 Å². The maximum absolute atomic E-state index is 12.1. The van der Waals surface area contributed by atoms with E-state index >= 15 is 0 Å². The summed E-state index contributed by atoms with van der Waals surface area (Å²) in [5.41, 5.74) is 1.94. The van der Waals surface area contributed by atoms with Crippen molar-refractivity contribution >= 4 is 23.2 Å². The van der Waals surface area contributed by atoms with Gasteiger partial charge in [0.25, 0.3) is 0 Å². The van der Waals surface area contributed by atoms with E-state index in [1.807, 2.05) is 45.9 Å². The molecule has 1 saturated heterocycles. The average molecular weight is 303 g/mol. The van der Waals surface area contributed by atoms with Crippen molar-refractivity contribution in [1.29, 1.82) is 0 Å². The van der Waals surface area contributed by atoms with Crippen LogP contribution in [0.5, 0.6) is 0 Å². The molecule has 2 rings (SSSR count). The maximum atomic E-state index is 12.1. The van der Waals surface area contributed by atoms with Crippen LogP contribution in [0.3, 0.4) is 0 Å². The predicted octanol–water partition coefficient (Wildman–Crippen LogP) is 2.67. The van der Waals surface area contributed by atoms with Gasteiger partial charge >= 0.3 is 0 Å². The molecule has 0 radical (unpaired) electrons. The highest BCUT2D eigenvalue weighted by atomic mass is 16.2. The first-order valence-corrected chi connectivity index (χ1v) is 7.74. The number of benzene rings is 1. The van der Waals surface area contributed by atoms with Crippen LogP contribution < -0.4 is 16.0 Å². The fourth-order valence-electron chi connectivity index (χ4n) is 2.28. The normalized spacial score (nSPS) is 18.1. The van der Waals surface area contributed by atoms with Crippen LogP contribution in [0.25, 0.3) is 0 Å². The maximum Gasteiger partial charge on any atom is 0.241 e. The minimum Gasteiger partial charge on any atom is -0.325 e. The minimum atomic E-state index is -0.459. The number of aryl methyl sites for hydroxylation is 1. The van der Waals surface area contributed by atoms with Gasteiger partial charge in [-0.15, -0.1) is 0 Å². The lowest BCUT2D eigenvalue weighted by molar-refractivity contribution is -0.123. The van der Waals surface area contributed by atoms with Crippen molar-refractivity contribution in [3.05, 3.63) is 23.8 Å². The molecule has 3 N–H and O–H groups in total. The Hall–Kier alpha value is -1.88. The molecular weight excluding hydrogens is 278 g/mol. The molecule has 1 heterocycles. The predicted molar refractivity (Wildman–Crippen MR) is 88.9 cm³/mol. The van der Waals surface area contributed by atoms with E-state index in [1.165, 1.54) is 0 Å². The molecule has 1 fully saturated rings. The molecule has 2 amide bonds. The van der Waals surface area contributed by atoms with E-state index in [9.17, 15) is 9.59 Å². The Kier molecular flexibility index (Phi) is 4.86. The number of rotatable bonds is 3. The van der Waals surface area contributed by atoms with Crippen LogP contribution in [-0.2, 0) is 9.59 Å². The zero-order valence-electron chi connectivity index (χ0n) is 13.7. The van der Waals surface area contributed by atoms with Crippen molar-refractivity contribution in [1.82, 2.24) is 5.32 Å². The molecule has 1 unspecified atom stereocenters. The summed E-state index contributed by atoms with van der Waals surface area (Å²) in [4.78, 5) is 24.3. The SMILES string of the molecule is Cc1ccc(NC(=O)C2CCCN2)cc1NC(=O)C(C)(C)C. The zero-order chi connectivity index (χ0) is 16.3. The monoisotopic (exact) mass is 303 g/mol. The van der Waals surface area contributed by atoms with Crippen molar-refractivity contribution in [2.24, 2.45) is 5.41 Å². The summed E-state index contributed by atoms with van der Waals surface area (Å²) < 4.78 is 0. The quantitative estimate of drug-likeness (QED) is 0.804. The Labute approximate surface area is 131 Å². The van der Waals surface area contributed by atoms with E-state index in [-0.39, 0.29) is 17.9 Å². The molecule has 120 valence electrons. The molecule has 5 heteroatoms. The second kappa shape index (κ2) is 6.48. The number of amides is 2. The summed E-state index contributed by atoms with van der Waals surface area (Å²) in [5.74, 6) is -0.0639. The highest BCUT2D eigenvalue weighted by Gasteiger charge is 2.23. The lowest BCUT2D eigenvalue weighted by Crippen LogP contribution is -2.35. The summed E-state index contributed by atoms with van der Waals surface area (Å²) in [5, 5.41) is 9.01. The molecule has 0 bridgehead atoms. The van der Waals surface area contributed by atoms with E-state index in [0.29, 0.717) is 5.69 Å². The fourth-order valence-corrected chi connectivity index (χ4v) is 2.28. The van der Waals surface area contributed by atoms with Gasteiger partial charge in [-0.25, -0.2) is 0 Å². The fraction of sp³-hybridized carbons (Fsp3) is 0.529. The molecule has 0 saturated carbocycles. The van der Waals surface area contributed by atoms with Crippen LogP contribution in [0.2, 0.25) is 0 Å². The van der Waals surface area contributed by atoms with Gasteiger partial charge in [0, 0.05) is 16.8 Å². The molecule has 0 aromatic heterocycles. The van der Waals surface area contributed by atoms with Gasteiger partial charge in [0.05, 0.1) is 6.04 Å². The number of anilines is 2. The van der Waals surface area contributed by atoms with Crippen LogP contribution in [0.15, 0.2) is 18.2 Å². The van der Waals surface area contributed by atoms with Gasteiger partial charge in [0.2, 0.25) is 11.8 Å². The molecular formula is C17H25N3O2. The van der Waals surface area contributed by atoms with Crippen LogP contribution in [0, 0.1) is 12.3 Å². The number of carbonyl (C=O) groups excluding carboxylic acids is 2. The first-order valence-electron chi connectivity index (χ1n) is 7.74. The number of nitrogens with one attached hydrogen (secondary N) is 3. The van der Waals surface area contributed by atoms with Crippen molar-refractivity contribution in [3.63, 3.8) is 0 Å². The van der Waals surface area contributed by atoms with Gasteiger partial charge in [-0.1, -0.05) is 26.8 Å². The van der Waals surface area contributed by atoms with Crippen LogP contribution in [-0.4, -0.2) is 24.4 Å². The third kappa shape index (κ3) is 4.07. The van der Waals surface area contributed by atoms with Crippen molar-refractivity contribution in [3.8, 4) is 0 Å². The van der Waals surface area contributed by atoms with Gasteiger partial charge in [0.1, 0.15) is 0 Å². The highest BCUT2D eigenvalue weighted by molar-refractivity contribution is 5.98. The first kappa shape index (κ1) is 16.5. The molecule has 0 aliphatic carbocycles. The highest BCUT2D eigenvalue weighted by Crippen LogP contribution is 2.24. The van der Waals surface area contributed by atoms with Crippen molar-refractivity contribution < 1.29 is 9.59 Å². The lowest BCUT2D eigenvalue weighted by atomic mass is 9.95. The second-order valence-corrected chi connectivity index (χ2v) is 6.87. The standard InChI is InChI=1S/C17H25N3O2/c1-11-7-8-12(19-15(21)13-6-5-9-18-13)10-14(11)20-16(22)17(2,3)4/h7-8,10,13,18H,5-6,9H2,1-4H3,(H,19,21)(H,20,22). The van der Waals surface area contributed by atoms with Gasteiger partial charge in [-0.05, 0) is 44.0 Å². The zero-order valence-corrected chi connectivity index (χ0v) is 13.7. The first-order chi connectivity index (χ1) is 10.3.